The molecule has 1 N–H and O–H groups in total. The molecule has 2 heterocycles. The highest BCUT2D eigenvalue weighted by Crippen LogP contribution is 2.39. The van der Waals surface area contributed by atoms with Crippen molar-refractivity contribution in [2.24, 2.45) is 17.8 Å². The van der Waals surface area contributed by atoms with Gasteiger partial charge in [-0.15, -0.1) is 0 Å². The van der Waals surface area contributed by atoms with Crippen LogP contribution in [-0.2, 0) is 10.2 Å². The number of benzene rings is 2. The van der Waals surface area contributed by atoms with E-state index in [4.69, 9.17) is 0 Å². The van der Waals surface area contributed by atoms with Crippen LogP contribution < -0.4 is 5.32 Å². The van der Waals surface area contributed by atoms with Crippen LogP contribution in [0.3, 0.4) is 0 Å². The smallest absolute Gasteiger partial charge is 0.334 e. The van der Waals surface area contributed by atoms with Gasteiger partial charge in [-0.2, -0.15) is 13.2 Å². The molecular formula is C37H45F4N3O2. The number of rotatable bonds is 6. The summed E-state index contributed by atoms with van der Waals surface area (Å²) in [7, 11) is 0. The number of carbonyl (C=O) groups excluding carboxylic acids is 2. The second-order valence-electron chi connectivity index (χ2n) is 14.4. The van der Waals surface area contributed by atoms with E-state index in [0.717, 1.165) is 11.1 Å². The molecule has 5 rings (SSSR count). The minimum absolute atomic E-state index is 0.00352. The maximum atomic E-state index is 15.1. The highest BCUT2D eigenvalue weighted by molar-refractivity contribution is 5.98. The van der Waals surface area contributed by atoms with Gasteiger partial charge in [-0.05, 0) is 78.8 Å². The molecule has 0 radical (unpaired) electrons. The molecule has 5 atom stereocenters. The number of halogens is 4. The van der Waals surface area contributed by atoms with Gasteiger partial charge in [0.25, 0.3) is 5.91 Å². The Kier molecular flexibility index (Phi) is 9.83. The molecule has 0 spiro atoms. The van der Waals surface area contributed by atoms with E-state index in [9.17, 15) is 22.8 Å². The van der Waals surface area contributed by atoms with Crippen LogP contribution in [-0.4, -0.2) is 59.5 Å². The molecule has 2 fully saturated rings. The number of hydrogen-bond donors (Lipinski definition) is 1. The number of likely N-dealkylation sites (tertiary alicyclic amines) is 2. The first-order chi connectivity index (χ1) is 21.6. The van der Waals surface area contributed by atoms with Crippen molar-refractivity contribution in [3.05, 3.63) is 88.8 Å². The van der Waals surface area contributed by atoms with Crippen LogP contribution in [0.1, 0.15) is 74.9 Å². The van der Waals surface area contributed by atoms with Gasteiger partial charge >= 0.3 is 6.18 Å². The predicted molar refractivity (Wildman–Crippen MR) is 173 cm³/mol. The molecule has 248 valence electrons. The lowest BCUT2D eigenvalue weighted by atomic mass is 9.77. The molecule has 46 heavy (non-hydrogen) atoms. The summed E-state index contributed by atoms with van der Waals surface area (Å²) in [6.45, 7) is 10.8. The minimum atomic E-state index is -4.28. The van der Waals surface area contributed by atoms with E-state index in [1.165, 1.54) is 11.0 Å². The van der Waals surface area contributed by atoms with Crippen LogP contribution in [0.2, 0.25) is 0 Å². The van der Waals surface area contributed by atoms with Crippen LogP contribution in [0, 0.1) is 30.5 Å². The molecule has 2 amide bonds. The van der Waals surface area contributed by atoms with Crippen LogP contribution >= 0.6 is 0 Å². The number of amides is 2. The molecule has 2 aliphatic heterocycles. The fourth-order valence-corrected chi connectivity index (χ4v) is 7.35. The number of hydrogen-bond acceptors (Lipinski definition) is 3. The normalized spacial score (nSPS) is 25.8. The summed E-state index contributed by atoms with van der Waals surface area (Å²) in [5.74, 6) is -2.14. The van der Waals surface area contributed by atoms with Crippen molar-refractivity contribution in [2.45, 2.75) is 84.0 Å². The average Bonchev–Trinajstić information content (AvgIpc) is 3.37. The van der Waals surface area contributed by atoms with Crippen molar-refractivity contribution in [3.63, 3.8) is 0 Å². The number of anilines is 1. The number of aryl methyl sites for hydroxylation is 1. The molecule has 3 aliphatic rings. The third-order valence-electron chi connectivity index (χ3n) is 9.74. The van der Waals surface area contributed by atoms with Crippen molar-refractivity contribution in [3.8, 4) is 0 Å². The first-order valence-corrected chi connectivity index (χ1v) is 16.3. The van der Waals surface area contributed by atoms with Crippen LogP contribution in [0.5, 0.6) is 0 Å². The van der Waals surface area contributed by atoms with E-state index >= 15 is 4.39 Å². The Hall–Kier alpha value is -3.46. The summed E-state index contributed by atoms with van der Waals surface area (Å²) >= 11 is 0. The zero-order chi connectivity index (χ0) is 33.4. The first-order valence-electron chi connectivity index (χ1n) is 16.3. The van der Waals surface area contributed by atoms with Crippen molar-refractivity contribution >= 4 is 17.5 Å². The number of nitrogens with zero attached hydrogens (tertiary/aromatic N) is 2. The lowest BCUT2D eigenvalue weighted by molar-refractivity contribution is -0.174. The second-order valence-corrected chi connectivity index (χ2v) is 14.4. The molecule has 0 bridgehead atoms. The van der Waals surface area contributed by atoms with E-state index in [1.54, 1.807) is 24.0 Å². The fourth-order valence-electron chi connectivity index (χ4n) is 7.35. The number of piperidine rings is 1. The lowest BCUT2D eigenvalue weighted by Crippen LogP contribution is -2.55. The first kappa shape index (κ1) is 33.9. The van der Waals surface area contributed by atoms with Gasteiger partial charge in [-0.1, -0.05) is 70.2 Å². The summed E-state index contributed by atoms with van der Waals surface area (Å²) in [5, 5.41) is 3.09. The molecule has 0 aromatic heterocycles. The van der Waals surface area contributed by atoms with Gasteiger partial charge in [0.2, 0.25) is 5.91 Å². The predicted octanol–water partition coefficient (Wildman–Crippen LogP) is 8.07. The molecule has 2 aromatic carbocycles. The minimum Gasteiger partial charge on any atom is -0.334 e. The van der Waals surface area contributed by atoms with Gasteiger partial charge in [0, 0.05) is 31.2 Å². The Morgan fingerprint density at radius 2 is 1.80 bits per heavy atom. The van der Waals surface area contributed by atoms with Crippen LogP contribution in [0.25, 0.3) is 0 Å². The van der Waals surface area contributed by atoms with E-state index in [0.29, 0.717) is 43.6 Å². The van der Waals surface area contributed by atoms with E-state index in [2.05, 4.69) is 26.1 Å². The summed E-state index contributed by atoms with van der Waals surface area (Å²) in [6, 6.07) is 10.3. The van der Waals surface area contributed by atoms with Gasteiger partial charge in [-0.25, -0.2) is 4.39 Å². The summed E-state index contributed by atoms with van der Waals surface area (Å²) in [6.07, 6.45) is 3.11. The monoisotopic (exact) mass is 639 g/mol. The largest absolute Gasteiger partial charge is 0.404 e. The Labute approximate surface area is 269 Å². The van der Waals surface area contributed by atoms with E-state index < -0.39 is 35.9 Å². The molecule has 1 aliphatic carbocycles. The van der Waals surface area contributed by atoms with E-state index in [1.807, 2.05) is 49.4 Å². The third kappa shape index (κ3) is 7.40. The maximum Gasteiger partial charge on any atom is 0.404 e. The molecule has 2 saturated heterocycles. The van der Waals surface area contributed by atoms with Crippen molar-refractivity contribution in [2.75, 3.05) is 25.0 Å². The number of nitrogens with one attached hydrogen (secondary N) is 1. The Morgan fingerprint density at radius 3 is 2.46 bits per heavy atom. The Bertz CT molecular complexity index is 1490. The molecule has 2 unspecified atom stereocenters. The average molecular weight is 640 g/mol. The van der Waals surface area contributed by atoms with Gasteiger partial charge in [0.15, 0.2) is 0 Å². The standard InChI is InChI=1S/C37H45F4N3O2/c1-23-19-31(37(39,40)41)43(21-23)22-25-14-16-26(17-15-25)33-29(34(45)42-28-11-7-10-27(20-28)36(3,4)5)12-8-18-44(33)35(46)32-24(2)9-6-13-30(32)38/h6-7,9-11,13-16,20,23,26,29,31,33H,8,12,17-19,21-22H2,1-5H3,(H,42,45)/t23-,26?,29+,31?,33+/m1/s1. The van der Waals surface area contributed by atoms with Crippen molar-refractivity contribution < 1.29 is 27.2 Å². The van der Waals surface area contributed by atoms with Gasteiger partial charge < -0.3 is 10.2 Å². The van der Waals surface area contributed by atoms with E-state index in [-0.39, 0.29) is 41.7 Å². The molecule has 2 aromatic rings. The number of carbonyl (C=O) groups is 2. The summed E-state index contributed by atoms with van der Waals surface area (Å²) < 4.78 is 56.3. The lowest BCUT2D eigenvalue weighted by Gasteiger charge is -2.44. The zero-order valence-corrected chi connectivity index (χ0v) is 27.3. The third-order valence-corrected chi connectivity index (χ3v) is 9.74. The van der Waals surface area contributed by atoms with Gasteiger partial charge in [0.05, 0.1) is 17.5 Å². The number of allylic oxidation sites excluding steroid dienone is 1. The quantitative estimate of drug-likeness (QED) is 0.326. The van der Waals surface area contributed by atoms with Crippen LogP contribution in [0.15, 0.2) is 66.3 Å². The number of alkyl halides is 3. The Balaban J connectivity index is 1.42. The van der Waals surface area contributed by atoms with Gasteiger partial charge in [-0.3, -0.25) is 14.5 Å². The second kappa shape index (κ2) is 13.3. The molecular weight excluding hydrogens is 594 g/mol. The SMILES string of the molecule is Cc1cccc(F)c1C(=O)N1CCC[C@H](C(=O)Nc2cccc(C(C)(C)C)c2)[C@@H]1C1C=CC(CN2C[C@H](C)CC2C(F)(F)F)=CC1. The highest BCUT2D eigenvalue weighted by Gasteiger charge is 2.48. The molecule has 5 nitrogen and oxygen atoms in total. The fraction of sp³-hybridized carbons (Fsp3) is 0.514. The summed E-state index contributed by atoms with van der Waals surface area (Å²) in [4.78, 5) is 31.2. The topological polar surface area (TPSA) is 52.7 Å². The molecule has 0 saturated carbocycles. The zero-order valence-electron chi connectivity index (χ0n) is 27.3. The maximum absolute atomic E-state index is 15.1. The van der Waals surface area contributed by atoms with Crippen molar-refractivity contribution in [1.82, 2.24) is 9.80 Å². The molecule has 9 heteroatoms. The van der Waals surface area contributed by atoms with Crippen molar-refractivity contribution in [1.29, 1.82) is 0 Å². The Morgan fingerprint density at radius 1 is 1.07 bits per heavy atom. The van der Waals surface area contributed by atoms with Crippen LogP contribution in [0.4, 0.5) is 23.2 Å². The summed E-state index contributed by atoms with van der Waals surface area (Å²) in [5.41, 5.74) is 2.95. The van der Waals surface area contributed by atoms with Gasteiger partial charge in [0.1, 0.15) is 11.9 Å². The highest BCUT2D eigenvalue weighted by atomic mass is 19.4.